The molecule has 0 fully saturated rings. The van der Waals surface area contributed by atoms with Crippen molar-refractivity contribution in [1.29, 1.82) is 0 Å². The molecule has 1 N–H and O–H groups in total. The zero-order valence-corrected chi connectivity index (χ0v) is 16.4. The van der Waals surface area contributed by atoms with Gasteiger partial charge in [-0.3, -0.25) is 0 Å². The molecule has 0 heterocycles. The fourth-order valence-electron chi connectivity index (χ4n) is 3.71. The summed E-state index contributed by atoms with van der Waals surface area (Å²) in [7, 11) is 1.11. The van der Waals surface area contributed by atoms with Gasteiger partial charge in [0.25, 0.3) is 0 Å². The van der Waals surface area contributed by atoms with Crippen LogP contribution >= 0.6 is 11.6 Å². The van der Waals surface area contributed by atoms with E-state index in [2.05, 4.69) is 0 Å². The number of hydrogen-bond donors (Lipinski definition) is 1. The SMILES string of the molecule is COC1(F)C=CC=CC1C(C)(C)CC(O)(Cc1cc(Cl)ccc1F)C(F)(F)F. The Balaban J connectivity index is 2.42. The van der Waals surface area contributed by atoms with Gasteiger partial charge in [-0.2, -0.15) is 13.2 Å². The van der Waals surface area contributed by atoms with E-state index in [1.54, 1.807) is 0 Å². The smallest absolute Gasteiger partial charge is 0.380 e. The molecule has 0 radical (unpaired) electrons. The molecule has 0 saturated heterocycles. The largest absolute Gasteiger partial charge is 0.417 e. The lowest BCUT2D eigenvalue weighted by Crippen LogP contribution is -2.53. The second kappa shape index (κ2) is 7.76. The van der Waals surface area contributed by atoms with Crippen LogP contribution in [-0.4, -0.2) is 29.8 Å². The summed E-state index contributed by atoms with van der Waals surface area (Å²) in [6.07, 6.45) is -1.60. The van der Waals surface area contributed by atoms with Gasteiger partial charge in [-0.15, -0.1) is 0 Å². The molecule has 0 bridgehead atoms. The van der Waals surface area contributed by atoms with Gasteiger partial charge >= 0.3 is 6.18 Å². The highest BCUT2D eigenvalue weighted by Gasteiger charge is 2.58. The van der Waals surface area contributed by atoms with Gasteiger partial charge in [0.15, 0.2) is 5.60 Å². The molecule has 2 rings (SSSR count). The minimum Gasteiger partial charge on any atom is -0.380 e. The number of rotatable bonds is 6. The average Bonchev–Trinajstić information content (AvgIpc) is 2.57. The van der Waals surface area contributed by atoms with Gasteiger partial charge in [-0.1, -0.05) is 43.7 Å². The van der Waals surface area contributed by atoms with Gasteiger partial charge in [-0.05, 0) is 41.7 Å². The molecule has 1 aliphatic carbocycles. The van der Waals surface area contributed by atoms with Crippen LogP contribution < -0.4 is 0 Å². The van der Waals surface area contributed by atoms with Crippen molar-refractivity contribution in [3.8, 4) is 0 Å². The Labute approximate surface area is 165 Å². The summed E-state index contributed by atoms with van der Waals surface area (Å²) in [6, 6.07) is 3.18. The van der Waals surface area contributed by atoms with E-state index in [0.717, 1.165) is 25.3 Å². The highest BCUT2D eigenvalue weighted by molar-refractivity contribution is 6.30. The van der Waals surface area contributed by atoms with Crippen molar-refractivity contribution < 1.29 is 31.8 Å². The van der Waals surface area contributed by atoms with Crippen LogP contribution in [0.5, 0.6) is 0 Å². The first kappa shape index (κ1) is 22.8. The van der Waals surface area contributed by atoms with Crippen LogP contribution in [-0.2, 0) is 11.2 Å². The summed E-state index contributed by atoms with van der Waals surface area (Å²) in [4.78, 5) is 0. The number of hydrogen-bond acceptors (Lipinski definition) is 2. The molecule has 0 saturated carbocycles. The Kier molecular flexibility index (Phi) is 6.34. The first-order valence-corrected chi connectivity index (χ1v) is 8.95. The third-order valence-electron chi connectivity index (χ3n) is 5.08. The first-order valence-electron chi connectivity index (χ1n) is 8.57. The van der Waals surface area contributed by atoms with Crippen molar-refractivity contribution in [2.75, 3.05) is 7.11 Å². The molecule has 1 aromatic carbocycles. The molecule has 3 atom stereocenters. The molecule has 28 heavy (non-hydrogen) atoms. The summed E-state index contributed by atoms with van der Waals surface area (Å²) in [5.74, 6) is -4.35. The van der Waals surface area contributed by atoms with E-state index in [4.69, 9.17) is 16.3 Å². The van der Waals surface area contributed by atoms with Crippen molar-refractivity contribution in [3.63, 3.8) is 0 Å². The Morgan fingerprint density at radius 2 is 1.86 bits per heavy atom. The normalized spacial score (nSPS) is 25.0. The van der Waals surface area contributed by atoms with E-state index < -0.39 is 47.6 Å². The number of allylic oxidation sites excluding steroid dienone is 2. The van der Waals surface area contributed by atoms with E-state index >= 15 is 4.39 Å². The third kappa shape index (κ3) is 4.58. The zero-order valence-electron chi connectivity index (χ0n) is 15.7. The topological polar surface area (TPSA) is 29.5 Å². The van der Waals surface area contributed by atoms with E-state index in [0.29, 0.717) is 0 Å². The Morgan fingerprint density at radius 1 is 1.21 bits per heavy atom. The lowest BCUT2D eigenvalue weighted by Gasteiger charge is -2.45. The fraction of sp³-hybridized carbons (Fsp3) is 0.500. The van der Waals surface area contributed by atoms with Crippen LogP contribution in [0.25, 0.3) is 0 Å². The molecule has 0 spiro atoms. The second-order valence-electron chi connectivity index (χ2n) is 7.73. The molecule has 0 aliphatic heterocycles. The third-order valence-corrected chi connectivity index (χ3v) is 5.32. The van der Waals surface area contributed by atoms with Crippen molar-refractivity contribution in [2.45, 2.75) is 44.3 Å². The van der Waals surface area contributed by atoms with Crippen LogP contribution in [0.3, 0.4) is 0 Å². The minimum atomic E-state index is -5.08. The zero-order chi connectivity index (χ0) is 21.4. The molecular formula is C20H22ClF5O2. The minimum absolute atomic E-state index is 0.0442. The van der Waals surface area contributed by atoms with E-state index in [1.807, 2.05) is 0 Å². The Morgan fingerprint density at radius 3 is 2.43 bits per heavy atom. The van der Waals surface area contributed by atoms with Crippen molar-refractivity contribution in [3.05, 3.63) is 58.9 Å². The van der Waals surface area contributed by atoms with E-state index in [9.17, 15) is 22.7 Å². The van der Waals surface area contributed by atoms with Crippen LogP contribution in [0.2, 0.25) is 5.02 Å². The summed E-state index contributed by atoms with van der Waals surface area (Å²) in [5.41, 5.74) is -5.07. The summed E-state index contributed by atoms with van der Waals surface area (Å²) in [5, 5.41) is 10.6. The van der Waals surface area contributed by atoms with Gasteiger partial charge in [0.2, 0.25) is 5.85 Å². The Hall–Kier alpha value is -1.44. The molecular weight excluding hydrogens is 403 g/mol. The fourth-order valence-corrected chi connectivity index (χ4v) is 3.90. The van der Waals surface area contributed by atoms with Crippen LogP contribution in [0, 0.1) is 17.2 Å². The second-order valence-corrected chi connectivity index (χ2v) is 8.17. The van der Waals surface area contributed by atoms with Crippen LogP contribution in [0.15, 0.2) is 42.5 Å². The standard InChI is InChI=1S/C20H22ClF5O2/c1-17(2,16-6-4-5-9-19(16,23)28-3)12-18(27,20(24,25)26)11-13-10-14(21)7-8-15(13)22/h4-10,16,27H,11-12H2,1-3H3. The molecule has 1 aliphatic rings. The highest BCUT2D eigenvalue weighted by Crippen LogP contribution is 2.50. The highest BCUT2D eigenvalue weighted by atomic mass is 35.5. The molecule has 1 aromatic rings. The lowest BCUT2D eigenvalue weighted by molar-refractivity contribution is -0.274. The first-order chi connectivity index (χ1) is 12.7. The van der Waals surface area contributed by atoms with Crippen LogP contribution in [0.1, 0.15) is 25.8 Å². The number of benzene rings is 1. The van der Waals surface area contributed by atoms with Gasteiger partial charge in [0.05, 0.1) is 0 Å². The predicted molar refractivity (Wildman–Crippen MR) is 97.1 cm³/mol. The Bertz CT molecular complexity index is 774. The number of ether oxygens (including phenoxy) is 1. The molecule has 0 aromatic heterocycles. The summed E-state index contributed by atoms with van der Waals surface area (Å²) >= 11 is 5.76. The molecule has 3 unspecified atom stereocenters. The summed E-state index contributed by atoms with van der Waals surface area (Å²) in [6.45, 7) is 2.80. The van der Waals surface area contributed by atoms with Gasteiger partial charge < -0.3 is 9.84 Å². The lowest BCUT2D eigenvalue weighted by atomic mass is 9.66. The van der Waals surface area contributed by atoms with E-state index in [-0.39, 0.29) is 10.6 Å². The molecule has 0 amide bonds. The molecule has 156 valence electrons. The maximum absolute atomic E-state index is 15.1. The number of aliphatic hydroxyl groups is 1. The summed E-state index contributed by atoms with van der Waals surface area (Å²) < 4.78 is 75.5. The quantitative estimate of drug-likeness (QED) is 0.586. The number of alkyl halides is 4. The molecule has 2 nitrogen and oxygen atoms in total. The van der Waals surface area contributed by atoms with Crippen molar-refractivity contribution in [2.24, 2.45) is 11.3 Å². The van der Waals surface area contributed by atoms with Gasteiger partial charge in [0, 0.05) is 24.5 Å². The van der Waals surface area contributed by atoms with Crippen molar-refractivity contribution in [1.82, 2.24) is 0 Å². The average molecular weight is 425 g/mol. The van der Waals surface area contributed by atoms with Crippen molar-refractivity contribution >= 4 is 11.6 Å². The van der Waals surface area contributed by atoms with Gasteiger partial charge in [-0.25, -0.2) is 8.78 Å². The van der Waals surface area contributed by atoms with Gasteiger partial charge in [0.1, 0.15) is 5.82 Å². The number of halogens is 6. The number of methoxy groups -OCH3 is 1. The molecule has 8 heteroatoms. The maximum atomic E-state index is 15.1. The van der Waals surface area contributed by atoms with Crippen LogP contribution in [0.4, 0.5) is 22.0 Å². The predicted octanol–water partition coefficient (Wildman–Crippen LogP) is 5.79. The maximum Gasteiger partial charge on any atom is 0.417 e. The van der Waals surface area contributed by atoms with E-state index in [1.165, 1.54) is 38.1 Å². The monoisotopic (exact) mass is 424 g/mol.